The van der Waals surface area contributed by atoms with Crippen molar-refractivity contribution in [2.45, 2.75) is 225 Å². The maximum atomic E-state index is 11.8. The second kappa shape index (κ2) is 58.8. The molecule has 3 atom stereocenters. The van der Waals surface area contributed by atoms with Crippen molar-refractivity contribution in [2.75, 3.05) is 13.2 Å². The van der Waals surface area contributed by atoms with Gasteiger partial charge in [-0.1, -0.05) is 155 Å². The van der Waals surface area contributed by atoms with E-state index in [1.54, 1.807) is 0 Å². The maximum absolute atomic E-state index is 11.8. The van der Waals surface area contributed by atoms with Gasteiger partial charge in [0, 0.05) is 25.7 Å². The van der Waals surface area contributed by atoms with Crippen LogP contribution in [0.5, 0.6) is 0 Å². The quantitative estimate of drug-likeness (QED) is 0.0202. The minimum absolute atomic E-state index is 0. The summed E-state index contributed by atoms with van der Waals surface area (Å²) in [5.41, 5.74) is 5.00. The third kappa shape index (κ3) is 64.0. The van der Waals surface area contributed by atoms with Crippen molar-refractivity contribution < 1.29 is 64.1 Å². The van der Waals surface area contributed by atoms with E-state index >= 15 is 0 Å². The van der Waals surface area contributed by atoms with Gasteiger partial charge in [0.25, 0.3) is 0 Å². The first-order valence-corrected chi connectivity index (χ1v) is 22.1. The van der Waals surface area contributed by atoms with E-state index in [-0.39, 0.29) is 145 Å². The molecule has 0 rings (SSSR count). The Hall–Kier alpha value is -0.244. The van der Waals surface area contributed by atoms with E-state index in [0.29, 0.717) is 12.8 Å². The van der Waals surface area contributed by atoms with Gasteiger partial charge in [-0.3, -0.25) is 24.0 Å². The van der Waals surface area contributed by atoms with Gasteiger partial charge in [-0.05, 0) is 25.7 Å². The molecule has 0 saturated heterocycles. The molecule has 0 aliphatic carbocycles. The number of nitrogens with two attached hydrogens (primary N) is 1. The van der Waals surface area contributed by atoms with E-state index < -0.39 is 42.1 Å². The normalized spacial score (nSPS) is 11.4. The minimum atomic E-state index is -1.18. The van der Waals surface area contributed by atoms with E-state index in [4.69, 9.17) is 41.1 Å². The molecule has 0 aliphatic rings. The number of carbonyl (C=O) groups is 6. The summed E-state index contributed by atoms with van der Waals surface area (Å²) in [6.45, 7) is 4.00. The van der Waals surface area contributed by atoms with Crippen molar-refractivity contribution in [3.63, 3.8) is 0 Å². The molecular formula is C43H87ClMgN2Na2O13. The number of halogens is 1. The predicted octanol–water partition coefficient (Wildman–Crippen LogP) is 5.96. The van der Waals surface area contributed by atoms with Crippen LogP contribution in [0.3, 0.4) is 0 Å². The molecule has 0 aliphatic heterocycles. The molecule has 0 radical (unpaired) electrons. The standard InChI is InChI=1S/C23H43NO5.C15H30O4.C5H9NO4.ClH.Mg.2Na.4H/c1-2-3-4-5-6-7-8-9-10-11-12-13-14-15-16-17-21(25)24-20(23(28)29)18-19-22(26)27;1-2-3-4-5-6-7-8-9-10-11-15(18)19-13-14(17)12-16;6-3(5(9)10)1-2-4(7)8;;;;;;;;/h20H,2-19H2,1H3,(H,24,25)(H,26,27)(H,28,29);14,16-17H,2-13H2,1H3;3H,1-2,6H2,(H,7,8)(H,9,10);1H;;;;;;;. The number of ether oxygens (including phenoxy) is 1. The van der Waals surface area contributed by atoms with Crippen LogP contribution in [0.2, 0.25) is 0 Å². The molecular weight excluding hydrogens is 858 g/mol. The van der Waals surface area contributed by atoms with Crippen LogP contribution in [0.25, 0.3) is 0 Å². The van der Waals surface area contributed by atoms with Crippen molar-refractivity contribution >= 4 is 130 Å². The van der Waals surface area contributed by atoms with Crippen LogP contribution in [0, 0.1) is 0 Å². The Bertz CT molecular complexity index is 1060. The van der Waals surface area contributed by atoms with Crippen LogP contribution in [0.4, 0.5) is 0 Å². The molecule has 0 aromatic heterocycles. The Kier molecular flexibility index (Phi) is 72.1. The summed E-state index contributed by atoms with van der Waals surface area (Å²) < 4.78 is 4.82. The molecule has 0 aromatic rings. The molecule has 3 unspecified atom stereocenters. The molecule has 62 heavy (non-hydrogen) atoms. The fourth-order valence-electron chi connectivity index (χ4n) is 5.75. The molecule has 19 heteroatoms. The number of carboxylic acids is 4. The first-order valence-electron chi connectivity index (χ1n) is 22.1. The monoisotopic (exact) mass is 945 g/mol. The number of aliphatic hydroxyl groups is 2. The van der Waals surface area contributed by atoms with Gasteiger partial charge in [0.2, 0.25) is 5.91 Å². The Balaban J connectivity index is -0.000000158. The molecule has 1 amide bonds. The fourth-order valence-corrected chi connectivity index (χ4v) is 5.75. The van der Waals surface area contributed by atoms with E-state index in [0.717, 1.165) is 32.1 Å². The third-order valence-corrected chi connectivity index (χ3v) is 9.41. The number of esters is 1. The first kappa shape index (κ1) is 76.0. The van der Waals surface area contributed by atoms with Crippen LogP contribution in [0.15, 0.2) is 0 Å². The number of hydrogen-bond acceptors (Lipinski definition) is 10. The number of amides is 1. The van der Waals surface area contributed by atoms with Gasteiger partial charge < -0.3 is 46.4 Å². The SMILES string of the molecule is CCCCCCCCCCCC(=O)OCC(O)CO.CCCCCCCCCCCCCCCCCC(=O)NC(CCC(=O)O)C(=O)O.Cl.NC(CCC(=O)O)C(=O)O.[MgH2].[NaH].[NaH]. The molecule has 0 aromatic carbocycles. The summed E-state index contributed by atoms with van der Waals surface area (Å²) in [4.78, 5) is 64.5. The fraction of sp³-hybridized carbons (Fsp3) is 0.860. The van der Waals surface area contributed by atoms with Gasteiger partial charge in [-0.25, -0.2) is 4.79 Å². The molecule has 15 nitrogen and oxygen atoms in total. The second-order valence-corrected chi connectivity index (χ2v) is 15.1. The van der Waals surface area contributed by atoms with Crippen molar-refractivity contribution in [2.24, 2.45) is 5.73 Å². The summed E-state index contributed by atoms with van der Waals surface area (Å²) in [6, 6.07) is -2.17. The molecule has 0 saturated carbocycles. The topological polar surface area (TPSA) is 271 Å². The van der Waals surface area contributed by atoms with E-state index in [9.17, 15) is 28.8 Å². The van der Waals surface area contributed by atoms with Gasteiger partial charge in [0.05, 0.1) is 6.61 Å². The van der Waals surface area contributed by atoms with E-state index in [1.807, 2.05) is 0 Å². The van der Waals surface area contributed by atoms with Gasteiger partial charge in [-0.2, -0.15) is 0 Å². The molecule has 9 N–H and O–H groups in total. The van der Waals surface area contributed by atoms with Crippen LogP contribution < -0.4 is 11.1 Å². The van der Waals surface area contributed by atoms with E-state index in [2.05, 4.69) is 19.2 Å². The van der Waals surface area contributed by atoms with E-state index in [1.165, 1.54) is 122 Å². The molecule has 358 valence electrons. The number of aliphatic carboxylic acids is 4. The third-order valence-electron chi connectivity index (χ3n) is 9.41. The van der Waals surface area contributed by atoms with Crippen molar-refractivity contribution in [3.05, 3.63) is 0 Å². The van der Waals surface area contributed by atoms with Crippen LogP contribution in [0.1, 0.15) is 206 Å². The average Bonchev–Trinajstić information content (AvgIpc) is 3.18. The van der Waals surface area contributed by atoms with Crippen LogP contribution >= 0.6 is 12.4 Å². The Morgan fingerprint density at radius 2 is 0.871 bits per heavy atom. The van der Waals surface area contributed by atoms with Crippen LogP contribution in [-0.4, -0.2) is 180 Å². The number of hydrogen-bond donors (Lipinski definition) is 8. The van der Waals surface area contributed by atoms with Crippen molar-refractivity contribution in [1.29, 1.82) is 0 Å². The summed E-state index contributed by atoms with van der Waals surface area (Å²) >= 11 is 0. The summed E-state index contributed by atoms with van der Waals surface area (Å²) in [5.74, 6) is -5.03. The summed E-state index contributed by atoms with van der Waals surface area (Å²) in [5, 5.41) is 53.9. The molecule has 0 spiro atoms. The summed E-state index contributed by atoms with van der Waals surface area (Å²) in [7, 11) is 0. The Morgan fingerprint density at radius 1 is 0.532 bits per heavy atom. The number of aliphatic hydroxyl groups excluding tert-OH is 2. The summed E-state index contributed by atoms with van der Waals surface area (Å²) in [6.07, 6.45) is 28.9. The average molecular weight is 946 g/mol. The van der Waals surface area contributed by atoms with Crippen molar-refractivity contribution in [3.8, 4) is 0 Å². The van der Waals surface area contributed by atoms with Gasteiger partial charge in [0.1, 0.15) is 24.8 Å². The molecule has 0 fully saturated rings. The molecule has 0 heterocycles. The Morgan fingerprint density at radius 3 is 1.19 bits per heavy atom. The first-order chi connectivity index (χ1) is 27.7. The predicted molar refractivity (Wildman–Crippen MR) is 254 cm³/mol. The zero-order chi connectivity index (χ0) is 44.2. The second-order valence-electron chi connectivity index (χ2n) is 15.1. The number of rotatable bonds is 38. The number of carbonyl (C=O) groups excluding carboxylic acids is 2. The zero-order valence-electron chi connectivity index (χ0n) is 36.4. The Labute approximate surface area is 439 Å². The zero-order valence-corrected chi connectivity index (χ0v) is 37.2. The number of carboxylic acid groups (broad SMARTS) is 4. The van der Waals surface area contributed by atoms with Crippen molar-refractivity contribution in [1.82, 2.24) is 5.32 Å². The van der Waals surface area contributed by atoms with Gasteiger partial charge in [-0.15, -0.1) is 12.4 Å². The molecule has 0 bridgehead atoms. The van der Waals surface area contributed by atoms with Gasteiger partial charge in [0.15, 0.2) is 0 Å². The van der Waals surface area contributed by atoms with Crippen LogP contribution in [-0.2, 0) is 33.5 Å². The number of unbranched alkanes of at least 4 members (excludes halogenated alkanes) is 22. The number of nitrogens with one attached hydrogen (secondary N) is 1. The van der Waals surface area contributed by atoms with Gasteiger partial charge >= 0.3 is 112 Å².